The van der Waals surface area contributed by atoms with E-state index in [0.29, 0.717) is 6.08 Å². The van der Waals surface area contributed by atoms with E-state index >= 15 is 0 Å². The quantitative estimate of drug-likeness (QED) is 0.658. The summed E-state index contributed by atoms with van der Waals surface area (Å²) >= 11 is 5.77. The molecule has 104 valence electrons. The van der Waals surface area contributed by atoms with Crippen LogP contribution in [0, 0.1) is 0 Å². The molecule has 1 aliphatic rings. The lowest BCUT2D eigenvalue weighted by Gasteiger charge is -2.03. The van der Waals surface area contributed by atoms with Crippen LogP contribution in [0.3, 0.4) is 0 Å². The van der Waals surface area contributed by atoms with Gasteiger partial charge in [-0.25, -0.2) is 9.59 Å². The van der Waals surface area contributed by atoms with Gasteiger partial charge in [-0.3, -0.25) is 0 Å². The lowest BCUT2D eigenvalue weighted by atomic mass is 10.3. The maximum atomic E-state index is 11.7. The summed E-state index contributed by atoms with van der Waals surface area (Å²) in [6, 6.07) is 6.03. The van der Waals surface area contributed by atoms with E-state index in [-0.39, 0.29) is 10.8 Å². The van der Waals surface area contributed by atoms with Gasteiger partial charge >= 0.3 is 11.9 Å². The van der Waals surface area contributed by atoms with Gasteiger partial charge in [-0.1, -0.05) is 23.7 Å². The molecule has 1 aromatic rings. The Kier molecular flexibility index (Phi) is 3.60. The van der Waals surface area contributed by atoms with Gasteiger partial charge in [0.15, 0.2) is 10.6 Å². The number of para-hydroxylation sites is 1. The topological polar surface area (TPSA) is 110 Å². The number of rotatable bonds is 3. The van der Waals surface area contributed by atoms with E-state index in [1.54, 1.807) is 12.1 Å². The molecule has 1 aliphatic heterocycles. The van der Waals surface area contributed by atoms with Crippen LogP contribution in [-0.4, -0.2) is 31.2 Å². The molecule has 0 spiro atoms. The van der Waals surface area contributed by atoms with Gasteiger partial charge in [0, 0.05) is 6.08 Å². The predicted octanol–water partition coefficient (Wildman–Crippen LogP) is 0.998. The van der Waals surface area contributed by atoms with Crippen molar-refractivity contribution in [2.45, 2.75) is 0 Å². The lowest BCUT2D eigenvalue weighted by molar-refractivity contribution is -0.131. The van der Waals surface area contributed by atoms with Gasteiger partial charge in [0.1, 0.15) is 5.75 Å². The number of carboxylic acid groups (broad SMARTS) is 1. The third-order valence-electron chi connectivity index (χ3n) is 2.22. The van der Waals surface area contributed by atoms with Gasteiger partial charge < -0.3 is 9.84 Å². The molecule has 7 nitrogen and oxygen atoms in total. The standard InChI is InChI=1S/C11H6ClNO6S/c12-6-3-1-2-4-8(6)19-11(16)7-5-9(10(14)15)20(17,18)13-7/h1-5H,(H,14,15). The Hall–Kier alpha value is -2.19. The number of sulfonamides is 1. The third kappa shape index (κ3) is 2.70. The number of carboxylic acids is 1. The summed E-state index contributed by atoms with van der Waals surface area (Å²) in [6.07, 6.45) is 0.636. The largest absolute Gasteiger partial charge is 0.477 e. The first-order chi connectivity index (χ1) is 9.31. The second kappa shape index (κ2) is 5.06. The molecule has 20 heavy (non-hydrogen) atoms. The molecule has 0 saturated carbocycles. The van der Waals surface area contributed by atoms with E-state index < -0.39 is 32.6 Å². The number of nitrogens with zero attached hydrogens (tertiary/aromatic N) is 1. The number of halogens is 1. The SMILES string of the molecule is O=C(O)C1=CC(C(=O)Oc2ccccc2Cl)=NS1(=O)=O. The molecule has 1 heterocycles. The molecule has 1 N–H and O–H groups in total. The van der Waals surface area contributed by atoms with Crippen molar-refractivity contribution in [3.05, 3.63) is 40.3 Å². The first-order valence-corrected chi connectivity index (χ1v) is 6.90. The molecule has 0 bridgehead atoms. The summed E-state index contributed by atoms with van der Waals surface area (Å²) in [7, 11) is -4.37. The Bertz CT molecular complexity index is 765. The zero-order valence-corrected chi connectivity index (χ0v) is 11.2. The molecule has 0 unspecified atom stereocenters. The predicted molar refractivity (Wildman–Crippen MR) is 69.2 cm³/mol. The fourth-order valence-electron chi connectivity index (χ4n) is 1.35. The molecule has 0 aliphatic carbocycles. The number of hydrogen-bond donors (Lipinski definition) is 1. The minimum Gasteiger partial charge on any atom is -0.477 e. The number of hydrogen-bond acceptors (Lipinski definition) is 5. The van der Waals surface area contributed by atoms with Crippen LogP contribution in [0.15, 0.2) is 39.6 Å². The zero-order valence-electron chi connectivity index (χ0n) is 9.61. The number of carbonyl (C=O) groups is 2. The van der Waals surface area contributed by atoms with Crippen LogP contribution in [0.2, 0.25) is 5.02 Å². The first kappa shape index (κ1) is 14.2. The van der Waals surface area contributed by atoms with Crippen molar-refractivity contribution >= 4 is 39.3 Å². The van der Waals surface area contributed by atoms with Crippen molar-refractivity contribution in [3.8, 4) is 5.75 Å². The summed E-state index contributed by atoms with van der Waals surface area (Å²) < 4.78 is 30.6. The van der Waals surface area contributed by atoms with Gasteiger partial charge in [0.25, 0.3) is 10.0 Å². The Morgan fingerprint density at radius 3 is 2.45 bits per heavy atom. The molecule has 0 radical (unpaired) electrons. The van der Waals surface area contributed by atoms with E-state index in [9.17, 15) is 18.0 Å². The van der Waals surface area contributed by atoms with Crippen molar-refractivity contribution in [2.75, 3.05) is 0 Å². The summed E-state index contributed by atoms with van der Waals surface area (Å²) in [6.45, 7) is 0. The zero-order chi connectivity index (χ0) is 14.9. The van der Waals surface area contributed by atoms with Gasteiger partial charge in [-0.05, 0) is 12.1 Å². The highest BCUT2D eigenvalue weighted by Crippen LogP contribution is 2.24. The normalized spacial score (nSPS) is 16.2. The highest BCUT2D eigenvalue weighted by molar-refractivity contribution is 7.95. The van der Waals surface area contributed by atoms with E-state index in [4.69, 9.17) is 21.4 Å². The Morgan fingerprint density at radius 2 is 1.90 bits per heavy atom. The number of esters is 1. The summed E-state index contributed by atoms with van der Waals surface area (Å²) in [5.41, 5.74) is -0.623. The molecular weight excluding hydrogens is 310 g/mol. The van der Waals surface area contributed by atoms with Gasteiger partial charge in [-0.2, -0.15) is 12.8 Å². The molecule has 0 aromatic heterocycles. The number of benzene rings is 1. The van der Waals surface area contributed by atoms with Crippen molar-refractivity contribution < 1.29 is 27.9 Å². The molecule has 0 fully saturated rings. The molecular formula is C11H6ClNO6S. The molecule has 9 heteroatoms. The maximum Gasteiger partial charge on any atom is 0.363 e. The number of carbonyl (C=O) groups excluding carboxylic acids is 1. The van der Waals surface area contributed by atoms with Crippen LogP contribution in [0.1, 0.15) is 0 Å². The van der Waals surface area contributed by atoms with Crippen LogP contribution in [-0.2, 0) is 19.6 Å². The van der Waals surface area contributed by atoms with E-state index in [2.05, 4.69) is 4.40 Å². The average Bonchev–Trinajstić information content (AvgIpc) is 2.68. The van der Waals surface area contributed by atoms with Gasteiger partial charge in [0.2, 0.25) is 0 Å². The second-order valence-corrected chi connectivity index (χ2v) is 5.57. The minimum atomic E-state index is -4.37. The molecule has 0 amide bonds. The third-order valence-corrected chi connectivity index (χ3v) is 3.82. The summed E-state index contributed by atoms with van der Waals surface area (Å²) in [5, 5.41) is 8.83. The highest BCUT2D eigenvalue weighted by Gasteiger charge is 2.33. The van der Waals surface area contributed by atoms with Crippen LogP contribution in [0.25, 0.3) is 0 Å². The van der Waals surface area contributed by atoms with Crippen molar-refractivity contribution in [1.29, 1.82) is 0 Å². The van der Waals surface area contributed by atoms with Crippen molar-refractivity contribution in [1.82, 2.24) is 0 Å². The van der Waals surface area contributed by atoms with Gasteiger partial charge in [0.05, 0.1) is 5.02 Å². The smallest absolute Gasteiger partial charge is 0.363 e. The van der Waals surface area contributed by atoms with E-state index in [0.717, 1.165) is 0 Å². The highest BCUT2D eigenvalue weighted by atomic mass is 35.5. The first-order valence-electron chi connectivity index (χ1n) is 5.08. The fraction of sp³-hybridized carbons (Fsp3) is 0. The lowest BCUT2D eigenvalue weighted by Crippen LogP contribution is -2.17. The van der Waals surface area contributed by atoms with E-state index in [1.165, 1.54) is 12.1 Å². The molecule has 2 rings (SSSR count). The Morgan fingerprint density at radius 1 is 1.25 bits per heavy atom. The minimum absolute atomic E-state index is 0.0106. The summed E-state index contributed by atoms with van der Waals surface area (Å²) in [4.78, 5) is 21.4. The fourth-order valence-corrected chi connectivity index (χ4v) is 2.49. The van der Waals surface area contributed by atoms with Crippen LogP contribution in [0.5, 0.6) is 5.75 Å². The van der Waals surface area contributed by atoms with E-state index in [1.807, 2.05) is 0 Å². The van der Waals surface area contributed by atoms with Crippen LogP contribution >= 0.6 is 11.6 Å². The Balaban J connectivity index is 2.29. The van der Waals surface area contributed by atoms with Crippen LogP contribution in [0.4, 0.5) is 0 Å². The molecule has 0 saturated heterocycles. The molecule has 0 atom stereocenters. The number of ether oxygens (including phenoxy) is 1. The second-order valence-electron chi connectivity index (χ2n) is 3.59. The average molecular weight is 316 g/mol. The molecule has 1 aromatic carbocycles. The Labute approximate surface area is 118 Å². The maximum absolute atomic E-state index is 11.7. The van der Waals surface area contributed by atoms with Crippen molar-refractivity contribution in [2.24, 2.45) is 4.40 Å². The number of aliphatic carboxylic acids is 1. The van der Waals surface area contributed by atoms with Crippen LogP contribution < -0.4 is 4.74 Å². The van der Waals surface area contributed by atoms with Crippen molar-refractivity contribution in [3.63, 3.8) is 0 Å². The summed E-state index contributed by atoms with van der Waals surface area (Å²) in [5.74, 6) is -2.80. The monoisotopic (exact) mass is 315 g/mol. The van der Waals surface area contributed by atoms with Gasteiger partial charge in [-0.15, -0.1) is 0 Å².